The van der Waals surface area contributed by atoms with Crippen molar-refractivity contribution < 1.29 is 9.53 Å². The van der Waals surface area contributed by atoms with Crippen molar-refractivity contribution in [1.29, 1.82) is 0 Å². The zero-order valence-corrected chi connectivity index (χ0v) is 11.5. The summed E-state index contributed by atoms with van der Waals surface area (Å²) in [6.07, 6.45) is 1.35. The van der Waals surface area contributed by atoms with Crippen LogP contribution in [0, 0.1) is 0 Å². The van der Waals surface area contributed by atoms with Gasteiger partial charge in [0.2, 0.25) is 5.91 Å². The molecule has 0 fully saturated rings. The van der Waals surface area contributed by atoms with Crippen LogP contribution in [-0.2, 0) is 17.8 Å². The third kappa shape index (κ3) is 2.39. The van der Waals surface area contributed by atoms with Crippen LogP contribution < -0.4 is 9.64 Å². The van der Waals surface area contributed by atoms with Crippen LogP contribution in [0.15, 0.2) is 48.5 Å². The second kappa shape index (κ2) is 5.37. The fourth-order valence-electron chi connectivity index (χ4n) is 2.60. The van der Waals surface area contributed by atoms with Crippen molar-refractivity contribution in [3.05, 3.63) is 59.7 Å². The maximum atomic E-state index is 12.2. The highest BCUT2D eigenvalue weighted by Gasteiger charge is 2.24. The summed E-state index contributed by atoms with van der Waals surface area (Å²) in [5, 5.41) is 0. The molecule has 1 amide bonds. The van der Waals surface area contributed by atoms with Crippen LogP contribution in [0.25, 0.3) is 0 Å². The van der Waals surface area contributed by atoms with Crippen molar-refractivity contribution in [2.75, 3.05) is 12.0 Å². The minimum absolute atomic E-state index is 0.187. The topological polar surface area (TPSA) is 29.5 Å². The number of amides is 1. The summed E-state index contributed by atoms with van der Waals surface area (Å²) in [6, 6.07) is 16.0. The lowest BCUT2D eigenvalue weighted by Crippen LogP contribution is -2.34. The van der Waals surface area contributed by atoms with Crippen molar-refractivity contribution in [2.24, 2.45) is 0 Å². The SMILES string of the molecule is COc1ccc2c(c1)CCC(=O)N2Cc1ccccc1. The van der Waals surface area contributed by atoms with Gasteiger partial charge in [0.15, 0.2) is 0 Å². The summed E-state index contributed by atoms with van der Waals surface area (Å²) in [4.78, 5) is 14.1. The number of carbonyl (C=O) groups excluding carboxylic acids is 1. The van der Waals surface area contributed by atoms with Crippen LogP contribution in [0.4, 0.5) is 5.69 Å². The average molecular weight is 267 g/mol. The van der Waals surface area contributed by atoms with Crippen LogP contribution in [0.1, 0.15) is 17.5 Å². The maximum Gasteiger partial charge on any atom is 0.227 e. The highest BCUT2D eigenvalue weighted by Crippen LogP contribution is 2.32. The Morgan fingerprint density at radius 1 is 1.10 bits per heavy atom. The highest BCUT2D eigenvalue weighted by atomic mass is 16.5. The number of aryl methyl sites for hydroxylation is 1. The van der Waals surface area contributed by atoms with E-state index in [-0.39, 0.29) is 5.91 Å². The molecular weight excluding hydrogens is 250 g/mol. The van der Waals surface area contributed by atoms with Crippen molar-refractivity contribution in [3.63, 3.8) is 0 Å². The lowest BCUT2D eigenvalue weighted by atomic mass is 10.00. The molecule has 0 aliphatic carbocycles. The van der Waals surface area contributed by atoms with Crippen molar-refractivity contribution >= 4 is 11.6 Å². The van der Waals surface area contributed by atoms with E-state index in [9.17, 15) is 4.79 Å². The molecule has 20 heavy (non-hydrogen) atoms. The molecule has 1 aliphatic heterocycles. The Morgan fingerprint density at radius 2 is 1.90 bits per heavy atom. The fraction of sp³-hybridized carbons (Fsp3) is 0.235. The minimum Gasteiger partial charge on any atom is -0.497 e. The molecule has 102 valence electrons. The van der Waals surface area contributed by atoms with Gasteiger partial charge in [0.1, 0.15) is 5.75 Å². The van der Waals surface area contributed by atoms with E-state index in [1.807, 2.05) is 53.4 Å². The van der Waals surface area contributed by atoms with E-state index in [0.717, 1.165) is 23.4 Å². The van der Waals surface area contributed by atoms with Crippen molar-refractivity contribution in [2.45, 2.75) is 19.4 Å². The molecule has 0 spiro atoms. The number of fused-ring (bicyclic) bond motifs is 1. The number of nitrogens with zero attached hydrogens (tertiary/aromatic N) is 1. The van der Waals surface area contributed by atoms with Crippen LogP contribution in [0.3, 0.4) is 0 Å². The standard InChI is InChI=1S/C17H17NO2/c1-20-15-8-9-16-14(11-15)7-10-17(19)18(16)12-13-5-3-2-4-6-13/h2-6,8-9,11H,7,10,12H2,1H3. The molecule has 1 heterocycles. The largest absolute Gasteiger partial charge is 0.497 e. The van der Waals surface area contributed by atoms with Crippen LogP contribution >= 0.6 is 0 Å². The molecule has 0 bridgehead atoms. The second-order valence-corrected chi connectivity index (χ2v) is 4.96. The summed E-state index contributed by atoms with van der Waals surface area (Å²) < 4.78 is 5.26. The highest BCUT2D eigenvalue weighted by molar-refractivity contribution is 5.96. The van der Waals surface area contributed by atoms with Crippen LogP contribution in [0.2, 0.25) is 0 Å². The van der Waals surface area contributed by atoms with Crippen molar-refractivity contribution in [1.82, 2.24) is 0 Å². The van der Waals surface area contributed by atoms with E-state index >= 15 is 0 Å². The normalized spacial score (nSPS) is 14.1. The number of methoxy groups -OCH3 is 1. The van der Waals surface area contributed by atoms with Gasteiger partial charge in [-0.2, -0.15) is 0 Å². The molecule has 2 aromatic carbocycles. The summed E-state index contributed by atoms with van der Waals surface area (Å²) in [7, 11) is 1.66. The van der Waals surface area contributed by atoms with Crippen molar-refractivity contribution in [3.8, 4) is 5.75 Å². The number of hydrogen-bond donors (Lipinski definition) is 0. The van der Waals surface area contributed by atoms with E-state index in [2.05, 4.69) is 0 Å². The summed E-state index contributed by atoms with van der Waals surface area (Å²) in [5.74, 6) is 1.03. The Kier molecular flexibility index (Phi) is 3.42. The summed E-state index contributed by atoms with van der Waals surface area (Å²) >= 11 is 0. The van der Waals surface area contributed by atoms with Gasteiger partial charge in [-0.3, -0.25) is 4.79 Å². The first-order chi connectivity index (χ1) is 9.78. The predicted octanol–water partition coefficient (Wildman–Crippen LogP) is 3.17. The number of rotatable bonds is 3. The first-order valence-electron chi connectivity index (χ1n) is 6.79. The van der Waals surface area contributed by atoms with Gasteiger partial charge in [-0.25, -0.2) is 0 Å². The Morgan fingerprint density at radius 3 is 2.65 bits per heavy atom. The van der Waals surface area contributed by atoms with E-state index in [4.69, 9.17) is 4.74 Å². The Bertz CT molecular complexity index is 622. The number of hydrogen-bond acceptors (Lipinski definition) is 2. The Hall–Kier alpha value is -2.29. The Balaban J connectivity index is 1.93. The smallest absolute Gasteiger partial charge is 0.227 e. The van der Waals surface area contributed by atoms with E-state index in [1.165, 1.54) is 5.56 Å². The minimum atomic E-state index is 0.187. The predicted molar refractivity (Wildman–Crippen MR) is 78.9 cm³/mol. The molecule has 2 aromatic rings. The maximum absolute atomic E-state index is 12.2. The van der Waals surface area contributed by atoms with Gasteiger partial charge in [-0.15, -0.1) is 0 Å². The van der Waals surface area contributed by atoms with Gasteiger partial charge < -0.3 is 9.64 Å². The first-order valence-corrected chi connectivity index (χ1v) is 6.79. The molecular formula is C17H17NO2. The molecule has 0 saturated heterocycles. The molecule has 0 aromatic heterocycles. The lowest BCUT2D eigenvalue weighted by molar-refractivity contribution is -0.119. The number of ether oxygens (including phenoxy) is 1. The first kappa shape index (κ1) is 12.7. The molecule has 0 unspecified atom stereocenters. The monoisotopic (exact) mass is 267 g/mol. The molecule has 3 nitrogen and oxygen atoms in total. The molecule has 0 radical (unpaired) electrons. The third-order valence-corrected chi connectivity index (χ3v) is 3.67. The molecule has 1 aliphatic rings. The van der Waals surface area contributed by atoms with E-state index in [0.29, 0.717) is 13.0 Å². The molecule has 0 saturated carbocycles. The van der Waals surface area contributed by atoms with E-state index in [1.54, 1.807) is 7.11 Å². The van der Waals surface area contributed by atoms with Gasteiger partial charge in [0.25, 0.3) is 0 Å². The van der Waals surface area contributed by atoms with Crippen LogP contribution in [0.5, 0.6) is 5.75 Å². The van der Waals surface area contributed by atoms with Gasteiger partial charge >= 0.3 is 0 Å². The fourth-order valence-corrected chi connectivity index (χ4v) is 2.60. The van der Waals surface area contributed by atoms with Gasteiger partial charge in [0, 0.05) is 12.1 Å². The molecule has 3 heteroatoms. The third-order valence-electron chi connectivity index (χ3n) is 3.67. The van der Waals surface area contributed by atoms with E-state index < -0.39 is 0 Å². The number of carbonyl (C=O) groups is 1. The quantitative estimate of drug-likeness (QED) is 0.854. The van der Waals surface area contributed by atoms with Gasteiger partial charge in [-0.1, -0.05) is 30.3 Å². The summed E-state index contributed by atoms with van der Waals surface area (Å²) in [6.45, 7) is 0.624. The molecule has 0 N–H and O–H groups in total. The van der Waals surface area contributed by atoms with Gasteiger partial charge in [0.05, 0.1) is 13.7 Å². The van der Waals surface area contributed by atoms with Crippen LogP contribution in [-0.4, -0.2) is 13.0 Å². The zero-order valence-electron chi connectivity index (χ0n) is 11.5. The average Bonchev–Trinajstić information content (AvgIpc) is 2.50. The number of anilines is 1. The van der Waals surface area contributed by atoms with Gasteiger partial charge in [-0.05, 0) is 35.7 Å². The summed E-state index contributed by atoms with van der Waals surface area (Å²) in [5.41, 5.74) is 3.33. The zero-order chi connectivity index (χ0) is 13.9. The lowest BCUT2D eigenvalue weighted by Gasteiger charge is -2.29. The number of benzene rings is 2. The molecule has 0 atom stereocenters. The molecule has 3 rings (SSSR count). The second-order valence-electron chi connectivity index (χ2n) is 4.96. The Labute approximate surface area is 118 Å².